The molecule has 98 valence electrons. The van der Waals surface area contributed by atoms with Gasteiger partial charge in [-0.15, -0.1) is 0 Å². The summed E-state index contributed by atoms with van der Waals surface area (Å²) in [4.78, 5) is 15.2. The van der Waals surface area contributed by atoms with E-state index in [1.165, 1.54) is 37.6 Å². The summed E-state index contributed by atoms with van der Waals surface area (Å²) >= 11 is 5.82. The maximum atomic E-state index is 13.7. The zero-order chi connectivity index (χ0) is 14.0. The second-order valence-electron chi connectivity index (χ2n) is 3.78. The highest BCUT2D eigenvalue weighted by Gasteiger charge is 2.14. The summed E-state index contributed by atoms with van der Waals surface area (Å²) in [6.07, 6.45) is 1.34. The molecule has 4 nitrogen and oxygen atoms in total. The molecule has 2 N–H and O–H groups in total. The van der Waals surface area contributed by atoms with E-state index in [9.17, 15) is 9.18 Å². The molecule has 0 saturated heterocycles. The predicted octanol–water partition coefficient (Wildman–Crippen LogP) is 2.91. The number of pyridine rings is 1. The number of esters is 1. The first-order chi connectivity index (χ1) is 9.02. The maximum absolute atomic E-state index is 13.7. The Hall–Kier alpha value is -2.14. The Morgan fingerprint density at radius 3 is 2.79 bits per heavy atom. The van der Waals surface area contributed by atoms with Crippen molar-refractivity contribution in [2.24, 2.45) is 0 Å². The van der Waals surface area contributed by atoms with Crippen molar-refractivity contribution in [3.8, 4) is 11.1 Å². The number of ether oxygens (including phenoxy) is 1. The molecule has 2 aromatic rings. The molecule has 2 rings (SSSR count). The Labute approximate surface area is 114 Å². The van der Waals surface area contributed by atoms with Crippen molar-refractivity contribution in [1.29, 1.82) is 0 Å². The van der Waals surface area contributed by atoms with E-state index in [0.29, 0.717) is 10.6 Å². The van der Waals surface area contributed by atoms with Gasteiger partial charge in [0.15, 0.2) is 5.69 Å². The van der Waals surface area contributed by atoms with E-state index in [-0.39, 0.29) is 16.9 Å². The number of halogens is 2. The van der Waals surface area contributed by atoms with Gasteiger partial charge in [0.2, 0.25) is 0 Å². The van der Waals surface area contributed by atoms with Crippen molar-refractivity contribution in [2.45, 2.75) is 0 Å². The minimum atomic E-state index is -0.643. The van der Waals surface area contributed by atoms with E-state index in [0.717, 1.165) is 0 Å². The first-order valence-corrected chi connectivity index (χ1v) is 5.70. The predicted molar refractivity (Wildman–Crippen MR) is 70.4 cm³/mol. The molecule has 1 aromatic carbocycles. The number of carbonyl (C=O) groups is 1. The Kier molecular flexibility index (Phi) is 3.66. The van der Waals surface area contributed by atoms with Crippen molar-refractivity contribution in [3.63, 3.8) is 0 Å². The van der Waals surface area contributed by atoms with Crippen molar-refractivity contribution in [1.82, 2.24) is 4.98 Å². The van der Waals surface area contributed by atoms with Crippen LogP contribution in [0.15, 0.2) is 30.5 Å². The fourth-order valence-corrected chi connectivity index (χ4v) is 1.79. The van der Waals surface area contributed by atoms with Crippen molar-refractivity contribution in [3.05, 3.63) is 47.0 Å². The van der Waals surface area contributed by atoms with Gasteiger partial charge in [-0.2, -0.15) is 0 Å². The molecule has 1 aromatic heterocycles. The Bertz CT molecular complexity index is 647. The lowest BCUT2D eigenvalue weighted by molar-refractivity contribution is 0.0595. The third kappa shape index (κ3) is 2.66. The van der Waals surface area contributed by atoms with Gasteiger partial charge in [-0.25, -0.2) is 14.2 Å². The summed E-state index contributed by atoms with van der Waals surface area (Å²) in [5.74, 6) is -1.09. The van der Waals surface area contributed by atoms with Crippen LogP contribution >= 0.6 is 11.6 Å². The number of aromatic nitrogens is 1. The van der Waals surface area contributed by atoms with Gasteiger partial charge >= 0.3 is 5.97 Å². The number of carbonyl (C=O) groups excluding carboxylic acids is 1. The van der Waals surface area contributed by atoms with Crippen molar-refractivity contribution in [2.75, 3.05) is 12.8 Å². The smallest absolute Gasteiger partial charge is 0.358 e. The number of methoxy groups -OCH3 is 1. The van der Waals surface area contributed by atoms with Crippen LogP contribution < -0.4 is 5.73 Å². The van der Waals surface area contributed by atoms with Crippen LogP contribution in [0.2, 0.25) is 5.02 Å². The molecule has 0 fully saturated rings. The number of nitrogens with two attached hydrogens (primary N) is 1. The van der Waals surface area contributed by atoms with Gasteiger partial charge in [0, 0.05) is 22.3 Å². The summed E-state index contributed by atoms with van der Waals surface area (Å²) in [5.41, 5.74) is 6.52. The lowest BCUT2D eigenvalue weighted by Crippen LogP contribution is -2.08. The number of nitrogen functional groups attached to an aromatic ring is 1. The lowest BCUT2D eigenvalue weighted by Gasteiger charge is -2.07. The molecule has 0 amide bonds. The topological polar surface area (TPSA) is 65.2 Å². The molecule has 0 aliphatic heterocycles. The summed E-state index contributed by atoms with van der Waals surface area (Å²) in [6.45, 7) is 0. The van der Waals surface area contributed by atoms with Crippen molar-refractivity contribution >= 4 is 23.3 Å². The van der Waals surface area contributed by atoms with E-state index in [4.69, 9.17) is 17.3 Å². The number of anilines is 1. The second kappa shape index (κ2) is 5.24. The minimum absolute atomic E-state index is 0.00585. The van der Waals surface area contributed by atoms with Gasteiger partial charge in [0.05, 0.1) is 12.8 Å². The van der Waals surface area contributed by atoms with Crippen LogP contribution in [0.5, 0.6) is 0 Å². The van der Waals surface area contributed by atoms with E-state index in [1.54, 1.807) is 0 Å². The SMILES string of the molecule is COC(=O)c1ncc(-c2cc(Cl)ccc2F)cc1N. The Morgan fingerprint density at radius 1 is 1.42 bits per heavy atom. The molecule has 1 heterocycles. The molecule has 0 radical (unpaired) electrons. The van der Waals surface area contributed by atoms with Crippen LogP contribution in [0, 0.1) is 5.82 Å². The van der Waals surface area contributed by atoms with Gasteiger partial charge in [0.1, 0.15) is 5.82 Å². The highest BCUT2D eigenvalue weighted by molar-refractivity contribution is 6.30. The third-order valence-electron chi connectivity index (χ3n) is 2.54. The normalized spacial score (nSPS) is 10.3. The maximum Gasteiger partial charge on any atom is 0.358 e. The summed E-state index contributed by atoms with van der Waals surface area (Å²) in [5, 5.41) is 0.395. The number of rotatable bonds is 2. The van der Waals surface area contributed by atoms with Crippen LogP contribution in [-0.2, 0) is 4.74 Å². The molecule has 0 bridgehead atoms. The summed E-state index contributed by atoms with van der Waals surface area (Å²) in [6, 6.07) is 5.61. The molecular formula is C13H10ClFN2O2. The average Bonchev–Trinajstić information content (AvgIpc) is 2.40. The van der Waals surface area contributed by atoms with Gasteiger partial charge in [-0.1, -0.05) is 11.6 Å². The van der Waals surface area contributed by atoms with E-state index < -0.39 is 11.8 Å². The molecule has 19 heavy (non-hydrogen) atoms. The Balaban J connectivity index is 2.50. The zero-order valence-corrected chi connectivity index (χ0v) is 10.7. The highest BCUT2D eigenvalue weighted by Crippen LogP contribution is 2.27. The van der Waals surface area contributed by atoms with Crippen LogP contribution in [0.25, 0.3) is 11.1 Å². The second-order valence-corrected chi connectivity index (χ2v) is 4.21. The zero-order valence-electron chi connectivity index (χ0n) is 9.98. The quantitative estimate of drug-likeness (QED) is 0.859. The molecule has 6 heteroatoms. The molecule has 0 unspecified atom stereocenters. The lowest BCUT2D eigenvalue weighted by atomic mass is 10.1. The number of hydrogen-bond donors (Lipinski definition) is 1. The number of benzene rings is 1. The standard InChI is InChI=1S/C13H10ClFN2O2/c1-19-13(18)12-11(16)4-7(6-17-12)9-5-8(14)2-3-10(9)15/h2-6H,16H2,1H3. The first-order valence-electron chi connectivity index (χ1n) is 5.32. The molecule has 0 aliphatic carbocycles. The third-order valence-corrected chi connectivity index (χ3v) is 2.77. The number of nitrogens with zero attached hydrogens (tertiary/aromatic N) is 1. The number of hydrogen-bond acceptors (Lipinski definition) is 4. The summed E-state index contributed by atoms with van der Waals surface area (Å²) < 4.78 is 18.2. The van der Waals surface area contributed by atoms with Gasteiger partial charge in [0.25, 0.3) is 0 Å². The molecule has 0 saturated carbocycles. The largest absolute Gasteiger partial charge is 0.464 e. The molecule has 0 atom stereocenters. The minimum Gasteiger partial charge on any atom is -0.464 e. The molecular weight excluding hydrogens is 271 g/mol. The van der Waals surface area contributed by atoms with Crippen LogP contribution in [0.3, 0.4) is 0 Å². The fraction of sp³-hybridized carbons (Fsp3) is 0.0769. The van der Waals surface area contributed by atoms with Crippen LogP contribution in [0.4, 0.5) is 10.1 Å². The van der Waals surface area contributed by atoms with E-state index in [2.05, 4.69) is 9.72 Å². The van der Waals surface area contributed by atoms with Gasteiger partial charge in [-0.3, -0.25) is 0 Å². The fourth-order valence-electron chi connectivity index (χ4n) is 1.62. The first kappa shape index (κ1) is 13.3. The van der Waals surface area contributed by atoms with E-state index >= 15 is 0 Å². The monoisotopic (exact) mass is 280 g/mol. The van der Waals surface area contributed by atoms with Gasteiger partial charge < -0.3 is 10.5 Å². The van der Waals surface area contributed by atoms with Crippen molar-refractivity contribution < 1.29 is 13.9 Å². The Morgan fingerprint density at radius 2 is 2.16 bits per heavy atom. The molecule has 0 spiro atoms. The average molecular weight is 281 g/mol. The molecule has 0 aliphatic rings. The highest BCUT2D eigenvalue weighted by atomic mass is 35.5. The summed E-state index contributed by atoms with van der Waals surface area (Å²) in [7, 11) is 1.23. The van der Waals surface area contributed by atoms with Crippen LogP contribution in [0.1, 0.15) is 10.5 Å². The van der Waals surface area contributed by atoms with Gasteiger partial charge in [-0.05, 0) is 24.3 Å². The van der Waals surface area contributed by atoms with E-state index in [1.807, 2.05) is 0 Å². The van der Waals surface area contributed by atoms with Crippen LogP contribution in [-0.4, -0.2) is 18.1 Å².